The van der Waals surface area contributed by atoms with E-state index in [4.69, 9.17) is 0 Å². The minimum Gasteiger partial charge on any atom is -0.300 e. The van der Waals surface area contributed by atoms with Crippen molar-refractivity contribution in [2.45, 2.75) is 25.2 Å². The highest BCUT2D eigenvalue weighted by Crippen LogP contribution is 2.13. The molecule has 6 heteroatoms. The first-order chi connectivity index (χ1) is 7.92. The zero-order valence-corrected chi connectivity index (χ0v) is 10.4. The Morgan fingerprint density at radius 3 is 2.47 bits per heavy atom. The number of hydrogen-bond donors (Lipinski definition) is 0. The normalized spacial score (nSPS) is 11.6. The predicted octanol–water partition coefficient (Wildman–Crippen LogP) is 1.67. The first-order valence-electron chi connectivity index (χ1n) is 4.93. The van der Waals surface area contributed by atoms with Gasteiger partial charge < -0.3 is 0 Å². The lowest BCUT2D eigenvalue weighted by atomic mass is 10.2. The van der Waals surface area contributed by atoms with Crippen LogP contribution in [0.1, 0.15) is 18.9 Å². The van der Waals surface area contributed by atoms with Gasteiger partial charge in [-0.25, -0.2) is 0 Å². The van der Waals surface area contributed by atoms with Crippen LogP contribution in [-0.4, -0.2) is 20.4 Å². The van der Waals surface area contributed by atoms with E-state index in [0.717, 1.165) is 11.8 Å². The average molecular weight is 255 g/mol. The van der Waals surface area contributed by atoms with Crippen LogP contribution in [0.3, 0.4) is 0 Å². The van der Waals surface area contributed by atoms with E-state index >= 15 is 0 Å². The molecule has 0 bridgehead atoms. The van der Waals surface area contributed by atoms with Crippen molar-refractivity contribution in [2.24, 2.45) is 5.16 Å². The van der Waals surface area contributed by atoms with Crippen molar-refractivity contribution in [2.75, 3.05) is 0 Å². The molecule has 0 saturated carbocycles. The third-order valence-corrected chi connectivity index (χ3v) is 3.04. The number of rotatable bonds is 5. The first-order valence-corrected chi connectivity index (χ1v) is 6.34. The highest BCUT2D eigenvalue weighted by Gasteiger charge is 2.14. The lowest BCUT2D eigenvalue weighted by Crippen LogP contribution is -2.03. The van der Waals surface area contributed by atoms with Gasteiger partial charge in [-0.1, -0.05) is 22.9 Å². The summed E-state index contributed by atoms with van der Waals surface area (Å²) in [4.78, 5) is 10.6. The Kier molecular flexibility index (Phi) is 4.39. The molecule has 0 aliphatic rings. The van der Waals surface area contributed by atoms with Crippen LogP contribution in [0, 0.1) is 6.92 Å². The molecule has 0 amide bonds. The van der Waals surface area contributed by atoms with Crippen molar-refractivity contribution >= 4 is 22.1 Å². The summed E-state index contributed by atoms with van der Waals surface area (Å²) in [6, 6.07) is 6.20. The molecule has 0 spiro atoms. The van der Waals surface area contributed by atoms with Gasteiger partial charge in [-0.15, -0.1) is 0 Å². The average Bonchev–Trinajstić information content (AvgIpc) is 2.25. The summed E-state index contributed by atoms with van der Waals surface area (Å²) in [7, 11) is -3.88. The summed E-state index contributed by atoms with van der Waals surface area (Å²) >= 11 is 0. The molecule has 1 aromatic rings. The van der Waals surface area contributed by atoms with E-state index in [-0.39, 0.29) is 17.1 Å². The lowest BCUT2D eigenvalue weighted by Gasteiger charge is -2.01. The third-order valence-electron chi connectivity index (χ3n) is 1.90. The molecule has 1 rings (SSSR count). The summed E-state index contributed by atoms with van der Waals surface area (Å²) < 4.78 is 27.5. The van der Waals surface area contributed by atoms with Gasteiger partial charge in [0, 0.05) is 6.42 Å². The summed E-state index contributed by atoms with van der Waals surface area (Å²) in [5.41, 5.74) is 0.948. The van der Waals surface area contributed by atoms with Gasteiger partial charge in [0.25, 0.3) is 0 Å². The number of hydrogen-bond acceptors (Lipinski definition) is 5. The number of aryl methyl sites for hydroxylation is 1. The molecule has 5 nitrogen and oxygen atoms in total. The Morgan fingerprint density at radius 1 is 1.35 bits per heavy atom. The van der Waals surface area contributed by atoms with E-state index in [2.05, 4.69) is 9.44 Å². The van der Waals surface area contributed by atoms with Crippen molar-refractivity contribution in [3.63, 3.8) is 0 Å². The molecule has 0 atom stereocenters. The Labute approximate surface area is 100 Å². The van der Waals surface area contributed by atoms with E-state index in [0.29, 0.717) is 0 Å². The van der Waals surface area contributed by atoms with Crippen LogP contribution < -0.4 is 0 Å². The van der Waals surface area contributed by atoms with Crippen molar-refractivity contribution in [1.82, 2.24) is 0 Å². The number of carbonyl (C=O) groups excluding carboxylic acids is 1. The summed E-state index contributed by atoms with van der Waals surface area (Å²) in [6.45, 7) is 3.22. The lowest BCUT2D eigenvalue weighted by molar-refractivity contribution is -0.115. The number of oxime groups is 1. The van der Waals surface area contributed by atoms with E-state index in [1.165, 1.54) is 19.1 Å². The van der Waals surface area contributed by atoms with Crippen molar-refractivity contribution in [3.05, 3.63) is 29.8 Å². The molecule has 0 saturated heterocycles. The molecule has 0 heterocycles. The molecule has 0 radical (unpaired) electrons. The van der Waals surface area contributed by atoms with Gasteiger partial charge in [-0.3, -0.25) is 9.08 Å². The van der Waals surface area contributed by atoms with Crippen LogP contribution in [0.25, 0.3) is 0 Å². The fourth-order valence-corrected chi connectivity index (χ4v) is 1.73. The second kappa shape index (κ2) is 5.58. The van der Waals surface area contributed by atoms with Crippen molar-refractivity contribution in [3.8, 4) is 0 Å². The molecule has 0 aliphatic carbocycles. The summed E-state index contributed by atoms with van der Waals surface area (Å²) in [5.74, 6) is -0.120. The fourth-order valence-electron chi connectivity index (χ4n) is 1.00. The Morgan fingerprint density at radius 2 is 1.94 bits per heavy atom. The van der Waals surface area contributed by atoms with E-state index in [1.807, 2.05) is 6.92 Å². The highest BCUT2D eigenvalue weighted by atomic mass is 32.2. The Bertz CT molecular complexity index is 517. The summed E-state index contributed by atoms with van der Waals surface area (Å²) in [6.07, 6.45) is 1.16. The predicted molar refractivity (Wildman–Crippen MR) is 63.2 cm³/mol. The minimum atomic E-state index is -3.88. The molecule has 0 N–H and O–H groups in total. The molecule has 0 aromatic heterocycles. The second-order valence-electron chi connectivity index (χ2n) is 3.54. The largest absolute Gasteiger partial charge is 0.358 e. The van der Waals surface area contributed by atoms with Crippen molar-refractivity contribution < 1.29 is 17.5 Å². The molecule has 17 heavy (non-hydrogen) atoms. The maximum Gasteiger partial charge on any atom is 0.358 e. The van der Waals surface area contributed by atoms with Crippen LogP contribution in [0.5, 0.6) is 0 Å². The van der Waals surface area contributed by atoms with Crippen LogP contribution in [-0.2, 0) is 19.2 Å². The molecule has 0 aliphatic heterocycles. The molecular formula is C11H13NO4S. The standard InChI is InChI=1S/C11H13NO4S/c1-9-3-5-11(6-4-9)17(14,15)16-12-8-7-10(2)13/h3-6,8H,7H2,1-2H3. The highest BCUT2D eigenvalue weighted by molar-refractivity contribution is 7.86. The maximum absolute atomic E-state index is 11.6. The number of ketones is 1. The van der Waals surface area contributed by atoms with Crippen molar-refractivity contribution in [1.29, 1.82) is 0 Å². The quantitative estimate of drug-likeness (QED) is 0.592. The van der Waals surface area contributed by atoms with Crippen LogP contribution >= 0.6 is 0 Å². The Hall–Kier alpha value is -1.69. The molecule has 92 valence electrons. The van der Waals surface area contributed by atoms with Gasteiger partial charge in [-0.05, 0) is 26.0 Å². The zero-order chi connectivity index (χ0) is 12.9. The van der Waals surface area contributed by atoms with Crippen LogP contribution in [0.4, 0.5) is 0 Å². The topological polar surface area (TPSA) is 72.8 Å². The Balaban J connectivity index is 2.72. The summed E-state index contributed by atoms with van der Waals surface area (Å²) in [5, 5.41) is 3.25. The molecule has 0 unspecified atom stereocenters. The van der Waals surface area contributed by atoms with Gasteiger partial charge in [0.05, 0.1) is 6.21 Å². The van der Waals surface area contributed by atoms with Gasteiger partial charge in [-0.2, -0.15) is 8.42 Å². The maximum atomic E-state index is 11.6. The van der Waals surface area contributed by atoms with Gasteiger partial charge in [0.1, 0.15) is 10.7 Å². The molecule has 1 aromatic carbocycles. The van der Waals surface area contributed by atoms with E-state index in [9.17, 15) is 13.2 Å². The number of nitrogens with zero attached hydrogens (tertiary/aromatic N) is 1. The van der Waals surface area contributed by atoms with E-state index in [1.54, 1.807) is 12.1 Å². The van der Waals surface area contributed by atoms with Gasteiger partial charge in [0.15, 0.2) is 0 Å². The zero-order valence-electron chi connectivity index (χ0n) is 9.58. The monoisotopic (exact) mass is 255 g/mol. The third kappa shape index (κ3) is 4.36. The van der Waals surface area contributed by atoms with E-state index < -0.39 is 10.1 Å². The second-order valence-corrected chi connectivity index (χ2v) is 5.06. The van der Waals surface area contributed by atoms with Gasteiger partial charge >= 0.3 is 10.1 Å². The molecule has 0 fully saturated rings. The number of Topliss-reactive ketones (excluding diaryl/α,β-unsaturated/α-hetero) is 1. The fraction of sp³-hybridized carbons (Fsp3) is 0.273. The first kappa shape index (κ1) is 13.4. The smallest absolute Gasteiger partial charge is 0.300 e. The number of carbonyl (C=O) groups is 1. The molecular weight excluding hydrogens is 242 g/mol. The number of benzene rings is 1. The SMILES string of the molecule is CC(=O)CC=NOS(=O)(=O)c1ccc(C)cc1. The minimum absolute atomic E-state index is 0.0306. The van der Waals surface area contributed by atoms with Crippen LogP contribution in [0.15, 0.2) is 34.3 Å². The van der Waals surface area contributed by atoms with Gasteiger partial charge in [0.2, 0.25) is 0 Å². The van der Waals surface area contributed by atoms with Crippen LogP contribution in [0.2, 0.25) is 0 Å².